The topological polar surface area (TPSA) is 50.7 Å². The Morgan fingerprint density at radius 1 is 1.09 bits per heavy atom. The van der Waals surface area contributed by atoms with Crippen LogP contribution in [0.15, 0.2) is 75.0 Å². The maximum atomic E-state index is 12.4. The van der Waals surface area contributed by atoms with Gasteiger partial charge >= 0.3 is 0 Å². The first-order valence-corrected chi connectivity index (χ1v) is 11.9. The van der Waals surface area contributed by atoms with E-state index in [4.69, 9.17) is 16.3 Å². The van der Waals surface area contributed by atoms with Gasteiger partial charge in [0.1, 0.15) is 12.4 Å². The lowest BCUT2D eigenvalue weighted by Crippen LogP contribution is -2.19. The lowest BCUT2D eigenvalue weighted by Gasteiger charge is -2.08. The van der Waals surface area contributed by atoms with Gasteiger partial charge < -0.3 is 10.1 Å². The molecule has 1 aliphatic heterocycles. The van der Waals surface area contributed by atoms with Crippen molar-refractivity contribution in [2.75, 3.05) is 0 Å². The second-order valence-corrected chi connectivity index (χ2v) is 9.56. The number of hydrogen-bond donors (Lipinski definition) is 1. The summed E-state index contributed by atoms with van der Waals surface area (Å²) in [5.74, 6) is 0.581. The van der Waals surface area contributed by atoms with Crippen LogP contribution in [0.25, 0.3) is 6.08 Å². The summed E-state index contributed by atoms with van der Waals surface area (Å²) in [6.07, 6.45) is 1.85. The summed E-state index contributed by atoms with van der Waals surface area (Å²) in [4.78, 5) is 17.6. The number of nitrogens with zero attached hydrogens (tertiary/aromatic N) is 1. The van der Waals surface area contributed by atoms with Crippen molar-refractivity contribution < 1.29 is 9.53 Å². The highest BCUT2D eigenvalue weighted by Crippen LogP contribution is 2.31. The molecule has 0 spiro atoms. The molecule has 0 saturated carbocycles. The maximum Gasteiger partial charge on any atom is 0.264 e. The van der Waals surface area contributed by atoms with Crippen LogP contribution in [0.4, 0.5) is 5.69 Å². The minimum Gasteiger partial charge on any atom is -0.489 e. The number of rotatable bonds is 5. The van der Waals surface area contributed by atoms with Crippen molar-refractivity contribution in [1.29, 1.82) is 0 Å². The van der Waals surface area contributed by atoms with Crippen LogP contribution < -0.4 is 10.1 Å². The van der Waals surface area contributed by atoms with Gasteiger partial charge in [0.15, 0.2) is 5.17 Å². The van der Waals surface area contributed by atoms with Gasteiger partial charge in [0.05, 0.1) is 10.6 Å². The van der Waals surface area contributed by atoms with Crippen molar-refractivity contribution in [2.24, 2.45) is 4.99 Å². The Labute approximate surface area is 204 Å². The minimum absolute atomic E-state index is 0.154. The van der Waals surface area contributed by atoms with Crippen molar-refractivity contribution in [3.8, 4) is 5.75 Å². The fourth-order valence-electron chi connectivity index (χ4n) is 3.17. The largest absolute Gasteiger partial charge is 0.489 e. The van der Waals surface area contributed by atoms with Crippen LogP contribution in [-0.4, -0.2) is 11.1 Å². The number of thioether (sulfide) groups is 1. The molecule has 1 N–H and O–H groups in total. The van der Waals surface area contributed by atoms with Gasteiger partial charge in [-0.3, -0.25) is 4.79 Å². The van der Waals surface area contributed by atoms with E-state index in [-0.39, 0.29) is 5.91 Å². The molecule has 3 aromatic carbocycles. The van der Waals surface area contributed by atoms with Crippen molar-refractivity contribution in [1.82, 2.24) is 5.32 Å². The number of ether oxygens (including phenoxy) is 1. The smallest absolute Gasteiger partial charge is 0.264 e. The number of amides is 1. The van der Waals surface area contributed by atoms with E-state index in [0.717, 1.165) is 38.2 Å². The van der Waals surface area contributed by atoms with E-state index in [1.54, 1.807) is 0 Å². The molecule has 162 valence electrons. The van der Waals surface area contributed by atoms with Gasteiger partial charge in [-0.25, -0.2) is 4.99 Å². The number of nitrogens with one attached hydrogen (secondary N) is 1. The molecule has 0 unspecified atom stereocenters. The molecule has 4 rings (SSSR count). The number of aliphatic imine (C=N–C) groups is 1. The van der Waals surface area contributed by atoms with E-state index in [2.05, 4.69) is 26.2 Å². The van der Waals surface area contributed by atoms with Crippen LogP contribution in [0.1, 0.15) is 22.3 Å². The molecule has 0 bridgehead atoms. The molecule has 1 aliphatic rings. The molecule has 1 saturated heterocycles. The summed E-state index contributed by atoms with van der Waals surface area (Å²) in [7, 11) is 0. The van der Waals surface area contributed by atoms with Gasteiger partial charge in [0.25, 0.3) is 5.91 Å². The number of carbonyl (C=O) groups excluding carboxylic acids is 1. The molecule has 4 nitrogen and oxygen atoms in total. The van der Waals surface area contributed by atoms with E-state index < -0.39 is 0 Å². The Morgan fingerprint density at radius 2 is 1.78 bits per heavy atom. The van der Waals surface area contributed by atoms with Crippen molar-refractivity contribution in [2.45, 2.75) is 20.5 Å². The summed E-state index contributed by atoms with van der Waals surface area (Å²) >= 11 is 11.1. The molecule has 0 atom stereocenters. The lowest BCUT2D eigenvalue weighted by atomic mass is 10.1. The number of aryl methyl sites for hydroxylation is 2. The molecule has 0 radical (unpaired) electrons. The second-order valence-electron chi connectivity index (χ2n) is 7.32. The Kier molecular flexibility index (Phi) is 7.04. The molecule has 32 heavy (non-hydrogen) atoms. The molecular formula is C25H20BrClN2O2S. The average molecular weight is 528 g/mol. The zero-order valence-corrected chi connectivity index (χ0v) is 20.6. The predicted molar refractivity (Wildman–Crippen MR) is 137 cm³/mol. The molecule has 0 aromatic heterocycles. The van der Waals surface area contributed by atoms with Gasteiger partial charge in [-0.05, 0) is 78.7 Å². The minimum atomic E-state index is -0.154. The SMILES string of the molecule is Cc1cc(N=C2NC(=O)/C(=C/c3ccc(OCc4ccccc4Cl)cc3)S2)cc(C)c1Br. The van der Waals surface area contributed by atoms with Gasteiger partial charge in [-0.1, -0.05) is 57.9 Å². The van der Waals surface area contributed by atoms with E-state index >= 15 is 0 Å². The van der Waals surface area contributed by atoms with Crippen LogP contribution in [0.3, 0.4) is 0 Å². The predicted octanol–water partition coefficient (Wildman–Crippen LogP) is 7.19. The molecule has 1 fully saturated rings. The Bertz CT molecular complexity index is 1220. The van der Waals surface area contributed by atoms with Crippen LogP contribution in [0.2, 0.25) is 5.02 Å². The van der Waals surface area contributed by atoms with Crippen molar-refractivity contribution in [3.05, 3.63) is 97.3 Å². The van der Waals surface area contributed by atoms with Crippen LogP contribution in [-0.2, 0) is 11.4 Å². The molecular weight excluding hydrogens is 508 g/mol. The quantitative estimate of drug-likeness (QED) is 0.357. The van der Waals surface area contributed by atoms with E-state index in [9.17, 15) is 4.79 Å². The Morgan fingerprint density at radius 3 is 2.47 bits per heavy atom. The van der Waals surface area contributed by atoms with Crippen molar-refractivity contribution in [3.63, 3.8) is 0 Å². The standard InChI is InChI=1S/C25H20BrClN2O2S/c1-15-11-19(12-16(2)23(15)26)28-25-29-24(30)22(32-25)13-17-7-9-20(10-8-17)31-14-18-5-3-4-6-21(18)27/h3-13H,14H2,1-2H3,(H,28,29,30)/b22-13-. The van der Waals surface area contributed by atoms with E-state index in [1.807, 2.05) is 80.6 Å². The molecule has 3 aromatic rings. The van der Waals surface area contributed by atoms with E-state index in [1.165, 1.54) is 11.8 Å². The van der Waals surface area contributed by atoms with Gasteiger partial charge in [-0.2, -0.15) is 0 Å². The first kappa shape index (κ1) is 22.6. The van der Waals surface area contributed by atoms with Gasteiger partial charge in [-0.15, -0.1) is 0 Å². The van der Waals surface area contributed by atoms with E-state index in [0.29, 0.717) is 21.7 Å². The molecule has 0 aliphatic carbocycles. The van der Waals surface area contributed by atoms with Crippen LogP contribution in [0.5, 0.6) is 5.75 Å². The third-order valence-corrected chi connectivity index (χ3v) is 7.36. The lowest BCUT2D eigenvalue weighted by molar-refractivity contribution is -0.115. The van der Waals surface area contributed by atoms with Crippen molar-refractivity contribution >= 4 is 62.1 Å². The normalized spacial score (nSPS) is 15.9. The maximum absolute atomic E-state index is 12.4. The number of benzene rings is 3. The third kappa shape index (κ3) is 5.44. The first-order valence-electron chi connectivity index (χ1n) is 9.91. The number of hydrogen-bond acceptors (Lipinski definition) is 4. The van der Waals surface area contributed by atoms with Crippen LogP contribution in [0, 0.1) is 13.8 Å². The van der Waals surface area contributed by atoms with Crippen LogP contribution >= 0.6 is 39.3 Å². The third-order valence-electron chi connectivity index (χ3n) is 4.83. The summed E-state index contributed by atoms with van der Waals surface area (Å²) in [6, 6.07) is 19.2. The Hall–Kier alpha value is -2.54. The monoisotopic (exact) mass is 526 g/mol. The number of amidine groups is 1. The first-order chi connectivity index (χ1) is 15.4. The fourth-order valence-corrected chi connectivity index (χ4v) is 4.43. The van der Waals surface area contributed by atoms with Gasteiger partial charge in [0.2, 0.25) is 0 Å². The zero-order valence-electron chi connectivity index (χ0n) is 17.5. The summed E-state index contributed by atoms with van der Waals surface area (Å²) in [5, 5.41) is 4.09. The fraction of sp³-hybridized carbons (Fsp3) is 0.120. The summed E-state index contributed by atoms with van der Waals surface area (Å²) in [6.45, 7) is 4.44. The average Bonchev–Trinajstić information content (AvgIpc) is 3.11. The summed E-state index contributed by atoms with van der Waals surface area (Å²) in [5.41, 5.74) is 4.86. The number of halogens is 2. The highest BCUT2D eigenvalue weighted by molar-refractivity contribution is 9.10. The summed E-state index contributed by atoms with van der Waals surface area (Å²) < 4.78 is 6.89. The second kappa shape index (κ2) is 9.94. The highest BCUT2D eigenvalue weighted by atomic mass is 79.9. The Balaban J connectivity index is 1.43. The molecule has 1 amide bonds. The molecule has 1 heterocycles. The highest BCUT2D eigenvalue weighted by Gasteiger charge is 2.24. The van der Waals surface area contributed by atoms with Gasteiger partial charge in [0, 0.05) is 15.1 Å². The molecule has 7 heteroatoms. The number of carbonyl (C=O) groups is 1. The zero-order chi connectivity index (χ0) is 22.7.